The molecule has 0 aromatic heterocycles. The first-order chi connectivity index (χ1) is 9.52. The molecule has 0 fully saturated rings. The lowest BCUT2D eigenvalue weighted by atomic mass is 9.93. The van der Waals surface area contributed by atoms with Gasteiger partial charge in [-0.05, 0) is 57.9 Å². The highest BCUT2D eigenvalue weighted by atomic mass is 16.5. The second-order valence-electron chi connectivity index (χ2n) is 5.68. The van der Waals surface area contributed by atoms with Gasteiger partial charge >= 0.3 is 0 Å². The van der Waals surface area contributed by atoms with Gasteiger partial charge in [-0.15, -0.1) is 0 Å². The van der Waals surface area contributed by atoms with Crippen LogP contribution in [-0.2, 0) is 4.74 Å². The average molecular weight is 279 g/mol. The van der Waals surface area contributed by atoms with Crippen molar-refractivity contribution in [2.45, 2.75) is 52.2 Å². The zero-order chi connectivity index (χ0) is 15.0. The van der Waals surface area contributed by atoms with Gasteiger partial charge in [0.25, 0.3) is 0 Å². The SMILES string of the molecule is CCCNC(CC(C)(C)OC)c1ccc(OCC)cc1. The van der Waals surface area contributed by atoms with Crippen molar-refractivity contribution in [2.75, 3.05) is 20.3 Å². The summed E-state index contributed by atoms with van der Waals surface area (Å²) in [6.07, 6.45) is 2.07. The largest absolute Gasteiger partial charge is 0.494 e. The van der Waals surface area contributed by atoms with E-state index in [1.165, 1.54) is 5.56 Å². The van der Waals surface area contributed by atoms with Gasteiger partial charge in [0.2, 0.25) is 0 Å². The number of ether oxygens (including phenoxy) is 2. The lowest BCUT2D eigenvalue weighted by molar-refractivity contribution is 0.00685. The van der Waals surface area contributed by atoms with E-state index in [4.69, 9.17) is 9.47 Å². The molecule has 0 radical (unpaired) electrons. The molecule has 114 valence electrons. The number of benzene rings is 1. The summed E-state index contributed by atoms with van der Waals surface area (Å²) < 4.78 is 11.1. The molecule has 0 amide bonds. The van der Waals surface area contributed by atoms with Crippen molar-refractivity contribution in [3.05, 3.63) is 29.8 Å². The van der Waals surface area contributed by atoms with Crippen molar-refractivity contribution in [1.29, 1.82) is 0 Å². The summed E-state index contributed by atoms with van der Waals surface area (Å²) >= 11 is 0. The van der Waals surface area contributed by atoms with E-state index >= 15 is 0 Å². The maximum absolute atomic E-state index is 5.57. The highest BCUT2D eigenvalue weighted by molar-refractivity contribution is 5.29. The van der Waals surface area contributed by atoms with E-state index in [2.05, 4.69) is 38.2 Å². The van der Waals surface area contributed by atoms with E-state index in [-0.39, 0.29) is 5.60 Å². The van der Waals surface area contributed by atoms with Crippen molar-refractivity contribution in [3.8, 4) is 5.75 Å². The summed E-state index contributed by atoms with van der Waals surface area (Å²) in [5.74, 6) is 0.927. The molecule has 20 heavy (non-hydrogen) atoms. The van der Waals surface area contributed by atoms with E-state index in [0.29, 0.717) is 12.6 Å². The fraction of sp³-hybridized carbons (Fsp3) is 0.647. The summed E-state index contributed by atoms with van der Waals surface area (Å²) in [4.78, 5) is 0. The van der Waals surface area contributed by atoms with E-state index in [9.17, 15) is 0 Å². The van der Waals surface area contributed by atoms with Crippen molar-refractivity contribution >= 4 is 0 Å². The quantitative estimate of drug-likeness (QED) is 0.742. The first-order valence-corrected chi connectivity index (χ1v) is 7.53. The predicted octanol–water partition coefficient (Wildman–Crippen LogP) is 3.94. The second-order valence-corrected chi connectivity index (χ2v) is 5.68. The Morgan fingerprint density at radius 3 is 2.30 bits per heavy atom. The highest BCUT2D eigenvalue weighted by Crippen LogP contribution is 2.27. The molecule has 1 unspecified atom stereocenters. The summed E-state index contributed by atoms with van der Waals surface area (Å²) in [6, 6.07) is 8.67. The fourth-order valence-corrected chi connectivity index (χ4v) is 2.16. The van der Waals surface area contributed by atoms with Crippen LogP contribution in [0.25, 0.3) is 0 Å². The third-order valence-corrected chi connectivity index (χ3v) is 3.48. The Morgan fingerprint density at radius 2 is 1.80 bits per heavy atom. The van der Waals surface area contributed by atoms with Crippen LogP contribution in [0, 0.1) is 0 Å². The zero-order valence-corrected chi connectivity index (χ0v) is 13.5. The normalized spacial score (nSPS) is 13.2. The molecule has 1 aromatic rings. The molecule has 0 aliphatic rings. The van der Waals surface area contributed by atoms with Gasteiger partial charge in [0.15, 0.2) is 0 Å². The molecule has 0 heterocycles. The van der Waals surface area contributed by atoms with Gasteiger partial charge in [0.05, 0.1) is 12.2 Å². The molecule has 1 N–H and O–H groups in total. The molecular formula is C17H29NO2. The maximum Gasteiger partial charge on any atom is 0.119 e. The molecule has 0 saturated carbocycles. The number of rotatable bonds is 9. The van der Waals surface area contributed by atoms with Crippen LogP contribution in [0.4, 0.5) is 0 Å². The first kappa shape index (κ1) is 17.0. The maximum atomic E-state index is 5.57. The standard InChI is InChI=1S/C17H29NO2/c1-6-12-18-16(13-17(3,4)19-5)14-8-10-15(11-9-14)20-7-2/h8-11,16,18H,6-7,12-13H2,1-5H3. The van der Waals surface area contributed by atoms with Crippen LogP contribution < -0.4 is 10.1 Å². The Bertz CT molecular complexity index is 373. The molecule has 0 saturated heterocycles. The molecule has 0 bridgehead atoms. The van der Waals surface area contributed by atoms with Crippen LogP contribution in [0.1, 0.15) is 52.1 Å². The summed E-state index contributed by atoms with van der Waals surface area (Å²) in [7, 11) is 1.77. The van der Waals surface area contributed by atoms with Crippen LogP contribution in [-0.4, -0.2) is 25.9 Å². The first-order valence-electron chi connectivity index (χ1n) is 7.53. The predicted molar refractivity (Wildman–Crippen MR) is 84.4 cm³/mol. The van der Waals surface area contributed by atoms with Gasteiger partial charge < -0.3 is 14.8 Å². The monoisotopic (exact) mass is 279 g/mol. The van der Waals surface area contributed by atoms with Gasteiger partial charge in [-0.1, -0.05) is 19.1 Å². The molecule has 3 heteroatoms. The van der Waals surface area contributed by atoms with Crippen LogP contribution in [0.15, 0.2) is 24.3 Å². The minimum Gasteiger partial charge on any atom is -0.494 e. The Morgan fingerprint density at radius 1 is 1.15 bits per heavy atom. The number of hydrogen-bond acceptors (Lipinski definition) is 3. The van der Waals surface area contributed by atoms with E-state index in [1.807, 2.05) is 19.1 Å². The summed E-state index contributed by atoms with van der Waals surface area (Å²) in [5.41, 5.74) is 1.15. The van der Waals surface area contributed by atoms with E-state index < -0.39 is 0 Å². The molecule has 1 atom stereocenters. The molecule has 0 aliphatic carbocycles. The van der Waals surface area contributed by atoms with E-state index in [1.54, 1.807) is 7.11 Å². The van der Waals surface area contributed by atoms with Crippen LogP contribution in [0.3, 0.4) is 0 Å². The average Bonchev–Trinajstić information content (AvgIpc) is 2.45. The molecule has 3 nitrogen and oxygen atoms in total. The smallest absolute Gasteiger partial charge is 0.119 e. The van der Waals surface area contributed by atoms with Crippen LogP contribution in [0.5, 0.6) is 5.75 Å². The minimum atomic E-state index is -0.135. The third kappa shape index (κ3) is 5.51. The summed E-state index contributed by atoms with van der Waals surface area (Å²) in [5, 5.41) is 3.61. The number of methoxy groups -OCH3 is 1. The van der Waals surface area contributed by atoms with Crippen molar-refractivity contribution < 1.29 is 9.47 Å². The van der Waals surface area contributed by atoms with Gasteiger partial charge in [-0.2, -0.15) is 0 Å². The Balaban J connectivity index is 2.80. The highest BCUT2D eigenvalue weighted by Gasteiger charge is 2.23. The minimum absolute atomic E-state index is 0.135. The summed E-state index contributed by atoms with van der Waals surface area (Å²) in [6.45, 7) is 10.2. The lowest BCUT2D eigenvalue weighted by Crippen LogP contribution is -2.32. The van der Waals surface area contributed by atoms with E-state index in [0.717, 1.165) is 25.1 Å². The van der Waals surface area contributed by atoms with Gasteiger partial charge in [0, 0.05) is 13.2 Å². The van der Waals surface area contributed by atoms with Crippen LogP contribution >= 0.6 is 0 Å². The molecule has 0 aliphatic heterocycles. The number of nitrogens with one attached hydrogen (secondary N) is 1. The number of hydrogen-bond donors (Lipinski definition) is 1. The van der Waals surface area contributed by atoms with Gasteiger partial charge in [-0.25, -0.2) is 0 Å². The fourth-order valence-electron chi connectivity index (χ4n) is 2.16. The van der Waals surface area contributed by atoms with Crippen molar-refractivity contribution in [2.24, 2.45) is 0 Å². The molecular weight excluding hydrogens is 250 g/mol. The topological polar surface area (TPSA) is 30.5 Å². The Kier molecular flexibility index (Phi) is 7.03. The van der Waals surface area contributed by atoms with Crippen LogP contribution in [0.2, 0.25) is 0 Å². The van der Waals surface area contributed by atoms with Gasteiger partial charge in [0.1, 0.15) is 5.75 Å². The van der Waals surface area contributed by atoms with Crippen molar-refractivity contribution in [3.63, 3.8) is 0 Å². The van der Waals surface area contributed by atoms with Gasteiger partial charge in [-0.3, -0.25) is 0 Å². The lowest BCUT2D eigenvalue weighted by Gasteiger charge is -2.29. The van der Waals surface area contributed by atoms with Crippen molar-refractivity contribution in [1.82, 2.24) is 5.32 Å². The molecule has 1 aromatic carbocycles. The Labute approximate surface area is 123 Å². The third-order valence-electron chi connectivity index (χ3n) is 3.48. The Hall–Kier alpha value is -1.06. The molecule has 1 rings (SSSR count). The molecule has 0 spiro atoms. The zero-order valence-electron chi connectivity index (χ0n) is 13.5. The second kappa shape index (κ2) is 8.28.